The highest BCUT2D eigenvalue weighted by atomic mass is 35.5. The van der Waals surface area contributed by atoms with Crippen molar-refractivity contribution in [1.29, 1.82) is 0 Å². The van der Waals surface area contributed by atoms with Crippen molar-refractivity contribution in [1.82, 2.24) is 4.90 Å². The van der Waals surface area contributed by atoms with E-state index in [4.69, 9.17) is 10.5 Å². The molecule has 4 nitrogen and oxygen atoms in total. The van der Waals surface area contributed by atoms with Gasteiger partial charge in [-0.05, 0) is 19.3 Å². The van der Waals surface area contributed by atoms with Crippen LogP contribution in [0, 0.1) is 5.41 Å². The van der Waals surface area contributed by atoms with Gasteiger partial charge in [0.2, 0.25) is 5.91 Å². The normalized spacial score (nSPS) is 20.2. The van der Waals surface area contributed by atoms with E-state index in [0.29, 0.717) is 6.54 Å². The van der Waals surface area contributed by atoms with Gasteiger partial charge < -0.3 is 15.4 Å². The number of ether oxygens (including phenoxy) is 1. The molecule has 17 heavy (non-hydrogen) atoms. The van der Waals surface area contributed by atoms with Crippen LogP contribution in [-0.4, -0.2) is 43.7 Å². The van der Waals surface area contributed by atoms with Crippen LogP contribution in [-0.2, 0) is 9.53 Å². The van der Waals surface area contributed by atoms with Crippen LogP contribution in [0.25, 0.3) is 0 Å². The predicted octanol–water partition coefficient (Wildman–Crippen LogP) is 1.42. The first-order valence-corrected chi connectivity index (χ1v) is 6.15. The number of rotatable bonds is 5. The molecular weight excluding hydrogens is 240 g/mol. The van der Waals surface area contributed by atoms with Crippen LogP contribution in [0.5, 0.6) is 0 Å². The Bertz CT molecular complexity index is 236. The van der Waals surface area contributed by atoms with Gasteiger partial charge in [0.05, 0.1) is 11.5 Å². The van der Waals surface area contributed by atoms with Gasteiger partial charge in [-0.15, -0.1) is 12.4 Å². The number of methoxy groups -OCH3 is 1. The van der Waals surface area contributed by atoms with Crippen LogP contribution in [0.15, 0.2) is 0 Å². The van der Waals surface area contributed by atoms with Gasteiger partial charge in [0.25, 0.3) is 0 Å². The predicted molar refractivity (Wildman–Crippen MR) is 71.3 cm³/mol. The number of carbonyl (C=O) groups is 1. The summed E-state index contributed by atoms with van der Waals surface area (Å²) in [4.78, 5) is 14.3. The van der Waals surface area contributed by atoms with E-state index in [1.54, 1.807) is 7.11 Å². The molecule has 0 unspecified atom stereocenters. The molecule has 0 aliphatic carbocycles. The van der Waals surface area contributed by atoms with E-state index < -0.39 is 0 Å². The Hall–Kier alpha value is -0.320. The van der Waals surface area contributed by atoms with Crippen molar-refractivity contribution in [3.8, 4) is 0 Å². The summed E-state index contributed by atoms with van der Waals surface area (Å²) in [6.07, 6.45) is 2.77. The number of nitrogens with two attached hydrogens (primary N) is 1. The van der Waals surface area contributed by atoms with Gasteiger partial charge in [0, 0.05) is 26.7 Å². The van der Waals surface area contributed by atoms with Gasteiger partial charge in [-0.2, -0.15) is 0 Å². The van der Waals surface area contributed by atoms with Crippen LogP contribution in [0.4, 0.5) is 0 Å². The molecular formula is C12H25ClN2O2. The molecule has 1 rings (SSSR count). The second-order valence-electron chi connectivity index (χ2n) is 4.59. The van der Waals surface area contributed by atoms with Gasteiger partial charge in [-0.3, -0.25) is 4.79 Å². The Kier molecular flexibility index (Phi) is 7.05. The first-order valence-electron chi connectivity index (χ1n) is 6.15. The minimum atomic E-state index is -0.359. The number of likely N-dealkylation sites (tertiary alicyclic amines) is 1. The number of amides is 1. The molecule has 5 heteroatoms. The van der Waals surface area contributed by atoms with Crippen molar-refractivity contribution in [2.24, 2.45) is 11.1 Å². The van der Waals surface area contributed by atoms with E-state index in [9.17, 15) is 4.79 Å². The highest BCUT2D eigenvalue weighted by Crippen LogP contribution is 2.29. The topological polar surface area (TPSA) is 55.6 Å². The van der Waals surface area contributed by atoms with Crippen molar-refractivity contribution in [3.05, 3.63) is 0 Å². The third-order valence-corrected chi connectivity index (χ3v) is 3.96. The van der Waals surface area contributed by atoms with Gasteiger partial charge in [0.15, 0.2) is 0 Å². The largest absolute Gasteiger partial charge is 0.380 e. The molecule has 2 N–H and O–H groups in total. The van der Waals surface area contributed by atoms with Crippen LogP contribution >= 0.6 is 12.4 Å². The second kappa shape index (κ2) is 7.19. The molecule has 1 saturated heterocycles. The fourth-order valence-corrected chi connectivity index (χ4v) is 2.37. The number of hydrogen-bond acceptors (Lipinski definition) is 3. The molecule has 1 atom stereocenters. The first kappa shape index (κ1) is 16.7. The van der Waals surface area contributed by atoms with Crippen molar-refractivity contribution in [3.63, 3.8) is 0 Å². The maximum atomic E-state index is 12.4. The number of nitrogens with zero attached hydrogens (tertiary/aromatic N) is 1. The summed E-state index contributed by atoms with van der Waals surface area (Å²) in [5, 5.41) is 0. The third-order valence-electron chi connectivity index (χ3n) is 3.96. The Morgan fingerprint density at radius 1 is 1.47 bits per heavy atom. The zero-order valence-corrected chi connectivity index (χ0v) is 11.9. The molecule has 1 amide bonds. The molecule has 0 aromatic heterocycles. The van der Waals surface area contributed by atoms with Crippen LogP contribution in [0.2, 0.25) is 0 Å². The summed E-state index contributed by atoms with van der Waals surface area (Å²) in [6.45, 7) is 6.04. The third kappa shape index (κ3) is 3.33. The van der Waals surface area contributed by atoms with Crippen molar-refractivity contribution < 1.29 is 9.53 Å². The summed E-state index contributed by atoms with van der Waals surface area (Å²) in [7, 11) is 1.70. The monoisotopic (exact) mass is 264 g/mol. The van der Waals surface area contributed by atoms with Crippen LogP contribution < -0.4 is 5.73 Å². The SMILES string of the molecule is CCC(CC)(CN)C(=O)N1CC[C@@H](OC)C1.Cl. The minimum Gasteiger partial charge on any atom is -0.380 e. The fraction of sp³-hybridized carbons (Fsp3) is 0.917. The quantitative estimate of drug-likeness (QED) is 0.817. The van der Waals surface area contributed by atoms with Gasteiger partial charge >= 0.3 is 0 Å². The zero-order valence-electron chi connectivity index (χ0n) is 11.1. The summed E-state index contributed by atoms with van der Waals surface area (Å²) in [5.74, 6) is 0.208. The molecule has 0 radical (unpaired) electrons. The maximum Gasteiger partial charge on any atom is 0.230 e. The lowest BCUT2D eigenvalue weighted by atomic mass is 9.81. The molecule has 0 saturated carbocycles. The Balaban J connectivity index is 0.00000256. The number of carbonyl (C=O) groups excluding carboxylic acids is 1. The fourth-order valence-electron chi connectivity index (χ4n) is 2.37. The second-order valence-corrected chi connectivity index (χ2v) is 4.59. The standard InChI is InChI=1S/C12H24N2O2.ClH/c1-4-12(5-2,9-13)11(15)14-7-6-10(8-14)16-3;/h10H,4-9,13H2,1-3H3;1H/t10-;/m1./s1. The summed E-state index contributed by atoms with van der Waals surface area (Å²) in [5.41, 5.74) is 5.43. The molecule has 0 aromatic rings. The van der Waals surface area contributed by atoms with Crippen LogP contribution in [0.1, 0.15) is 33.1 Å². The van der Waals surface area contributed by atoms with E-state index in [1.807, 2.05) is 18.7 Å². The Labute approximate surface area is 110 Å². The Morgan fingerprint density at radius 2 is 2.06 bits per heavy atom. The maximum absolute atomic E-state index is 12.4. The molecule has 1 aliphatic rings. The lowest BCUT2D eigenvalue weighted by Crippen LogP contribution is -2.47. The van der Waals surface area contributed by atoms with E-state index in [1.165, 1.54) is 0 Å². The van der Waals surface area contributed by atoms with Gasteiger partial charge in [-0.25, -0.2) is 0 Å². The van der Waals surface area contributed by atoms with E-state index in [0.717, 1.165) is 32.4 Å². The molecule has 0 spiro atoms. The van der Waals surface area contributed by atoms with E-state index in [2.05, 4.69) is 0 Å². The molecule has 0 aromatic carbocycles. The number of hydrogen-bond donors (Lipinski definition) is 1. The van der Waals surface area contributed by atoms with E-state index >= 15 is 0 Å². The number of halogens is 1. The van der Waals surface area contributed by atoms with Crippen molar-refractivity contribution >= 4 is 18.3 Å². The van der Waals surface area contributed by atoms with E-state index in [-0.39, 0.29) is 29.8 Å². The summed E-state index contributed by atoms with van der Waals surface area (Å²) >= 11 is 0. The average molecular weight is 265 g/mol. The molecule has 1 aliphatic heterocycles. The highest BCUT2D eigenvalue weighted by molar-refractivity contribution is 5.85. The van der Waals surface area contributed by atoms with Gasteiger partial charge in [0.1, 0.15) is 0 Å². The zero-order chi connectivity index (χ0) is 12.2. The van der Waals surface area contributed by atoms with Crippen molar-refractivity contribution in [2.75, 3.05) is 26.7 Å². The van der Waals surface area contributed by atoms with Crippen molar-refractivity contribution in [2.45, 2.75) is 39.2 Å². The van der Waals surface area contributed by atoms with Gasteiger partial charge in [-0.1, -0.05) is 13.8 Å². The minimum absolute atomic E-state index is 0. The first-order chi connectivity index (χ1) is 7.63. The van der Waals surface area contributed by atoms with Crippen LogP contribution in [0.3, 0.4) is 0 Å². The summed E-state index contributed by atoms with van der Waals surface area (Å²) < 4.78 is 5.28. The highest BCUT2D eigenvalue weighted by Gasteiger charge is 2.39. The smallest absolute Gasteiger partial charge is 0.230 e. The molecule has 102 valence electrons. The molecule has 1 heterocycles. The molecule has 0 bridgehead atoms. The average Bonchev–Trinajstić information content (AvgIpc) is 2.80. The lowest BCUT2D eigenvalue weighted by molar-refractivity contribution is -0.141. The molecule has 1 fully saturated rings. The lowest BCUT2D eigenvalue weighted by Gasteiger charge is -2.33. The summed E-state index contributed by atoms with van der Waals surface area (Å²) in [6, 6.07) is 0. The Morgan fingerprint density at radius 3 is 2.41 bits per heavy atom.